The van der Waals surface area contributed by atoms with Crippen LogP contribution in [-0.4, -0.2) is 51.6 Å². The summed E-state index contributed by atoms with van der Waals surface area (Å²) in [6, 6.07) is 14.7. The average molecular weight is 487 g/mol. The topological polar surface area (TPSA) is 84.9 Å². The SMILES string of the molecule is CCOc1ccc(S(=O)(=O)NC2CCC(C(=O)N3CCOCC3c3ccccc3)CC2)cc1C. The molecule has 0 bridgehead atoms. The lowest BCUT2D eigenvalue weighted by atomic mass is 9.85. The molecule has 34 heavy (non-hydrogen) atoms. The summed E-state index contributed by atoms with van der Waals surface area (Å²) < 4.78 is 39.9. The van der Waals surface area contributed by atoms with Gasteiger partial charge in [0.2, 0.25) is 15.9 Å². The Kier molecular flexibility index (Phi) is 7.91. The fourth-order valence-corrected chi connectivity index (χ4v) is 6.30. The first-order valence-electron chi connectivity index (χ1n) is 12.1. The molecule has 2 aromatic carbocycles. The molecule has 0 spiro atoms. The first kappa shape index (κ1) is 24.7. The Bertz CT molecular complexity index is 1080. The van der Waals surface area contributed by atoms with E-state index in [0.717, 1.165) is 11.1 Å². The summed E-state index contributed by atoms with van der Waals surface area (Å²) in [7, 11) is -3.63. The largest absolute Gasteiger partial charge is 0.494 e. The summed E-state index contributed by atoms with van der Waals surface area (Å²) in [4.78, 5) is 15.6. The lowest BCUT2D eigenvalue weighted by Gasteiger charge is -2.39. The standard InChI is InChI=1S/C26H34N2O5S/c1-3-33-25-14-13-23(17-19(25)2)34(30,31)27-22-11-9-21(10-12-22)26(29)28-15-16-32-18-24(28)20-7-5-4-6-8-20/h4-8,13-14,17,21-22,24,27H,3,9-12,15-16,18H2,1-2H3. The number of sulfonamides is 1. The molecule has 1 amide bonds. The van der Waals surface area contributed by atoms with Gasteiger partial charge in [-0.3, -0.25) is 4.79 Å². The first-order chi connectivity index (χ1) is 16.4. The molecule has 184 valence electrons. The van der Waals surface area contributed by atoms with Crippen molar-refractivity contribution in [3.63, 3.8) is 0 Å². The van der Waals surface area contributed by atoms with Crippen LogP contribution in [0.2, 0.25) is 0 Å². The summed E-state index contributed by atoms with van der Waals surface area (Å²) in [6.07, 6.45) is 2.64. The Balaban J connectivity index is 1.36. The van der Waals surface area contributed by atoms with Crippen LogP contribution in [0.4, 0.5) is 0 Å². The van der Waals surface area contributed by atoms with E-state index in [-0.39, 0.29) is 28.8 Å². The number of benzene rings is 2. The minimum atomic E-state index is -3.63. The second-order valence-electron chi connectivity index (χ2n) is 9.06. The molecule has 2 fully saturated rings. The van der Waals surface area contributed by atoms with Crippen LogP contribution >= 0.6 is 0 Å². The minimum absolute atomic E-state index is 0.0680. The molecule has 1 aliphatic carbocycles. The molecule has 1 atom stereocenters. The molecular weight excluding hydrogens is 452 g/mol. The number of rotatable bonds is 7. The molecule has 7 nitrogen and oxygen atoms in total. The van der Waals surface area contributed by atoms with Gasteiger partial charge in [-0.2, -0.15) is 0 Å². The zero-order chi connectivity index (χ0) is 24.1. The van der Waals surface area contributed by atoms with Crippen molar-refractivity contribution in [1.29, 1.82) is 0 Å². The Morgan fingerprint density at radius 3 is 2.53 bits per heavy atom. The Labute approximate surface area is 202 Å². The van der Waals surface area contributed by atoms with E-state index in [1.165, 1.54) is 0 Å². The molecule has 2 aliphatic rings. The van der Waals surface area contributed by atoms with Crippen LogP contribution in [0.25, 0.3) is 0 Å². The van der Waals surface area contributed by atoms with Gasteiger partial charge in [0.25, 0.3) is 0 Å². The highest BCUT2D eigenvalue weighted by molar-refractivity contribution is 7.89. The Morgan fingerprint density at radius 2 is 1.85 bits per heavy atom. The van der Waals surface area contributed by atoms with Gasteiger partial charge in [0.1, 0.15) is 5.75 Å². The normalized spacial score (nSPS) is 23.5. The highest BCUT2D eigenvalue weighted by Crippen LogP contribution is 2.32. The molecule has 1 heterocycles. The van der Waals surface area contributed by atoms with E-state index >= 15 is 0 Å². The van der Waals surface area contributed by atoms with Crippen molar-refractivity contribution >= 4 is 15.9 Å². The molecule has 8 heteroatoms. The second kappa shape index (κ2) is 10.9. The zero-order valence-electron chi connectivity index (χ0n) is 19.9. The maximum Gasteiger partial charge on any atom is 0.240 e. The van der Waals surface area contributed by atoms with E-state index in [9.17, 15) is 13.2 Å². The number of ether oxygens (including phenoxy) is 2. The van der Waals surface area contributed by atoms with Gasteiger partial charge >= 0.3 is 0 Å². The number of amides is 1. The summed E-state index contributed by atoms with van der Waals surface area (Å²) >= 11 is 0. The molecule has 1 saturated carbocycles. The van der Waals surface area contributed by atoms with Crippen molar-refractivity contribution in [1.82, 2.24) is 9.62 Å². The molecule has 0 radical (unpaired) electrons. The third kappa shape index (κ3) is 5.62. The third-order valence-corrected chi connectivity index (χ3v) is 8.27. The maximum absolute atomic E-state index is 13.4. The van der Waals surface area contributed by atoms with Crippen LogP contribution in [0.5, 0.6) is 5.75 Å². The van der Waals surface area contributed by atoms with Crippen LogP contribution < -0.4 is 9.46 Å². The van der Waals surface area contributed by atoms with Crippen molar-refractivity contribution in [2.45, 2.75) is 56.5 Å². The highest BCUT2D eigenvalue weighted by Gasteiger charge is 2.35. The van der Waals surface area contributed by atoms with Crippen molar-refractivity contribution < 1.29 is 22.7 Å². The average Bonchev–Trinajstić information content (AvgIpc) is 2.86. The summed E-state index contributed by atoms with van der Waals surface area (Å²) in [5.74, 6) is 0.760. The molecule has 1 unspecified atom stereocenters. The van der Waals surface area contributed by atoms with Crippen molar-refractivity contribution in [3.8, 4) is 5.75 Å². The van der Waals surface area contributed by atoms with Gasteiger partial charge < -0.3 is 14.4 Å². The highest BCUT2D eigenvalue weighted by atomic mass is 32.2. The number of hydrogen-bond donors (Lipinski definition) is 1. The van der Waals surface area contributed by atoms with E-state index in [1.807, 2.05) is 49.1 Å². The van der Waals surface area contributed by atoms with E-state index < -0.39 is 10.0 Å². The number of nitrogens with one attached hydrogen (secondary N) is 1. The van der Waals surface area contributed by atoms with E-state index in [4.69, 9.17) is 9.47 Å². The lowest BCUT2D eigenvalue weighted by Crippen LogP contribution is -2.47. The van der Waals surface area contributed by atoms with Gasteiger partial charge in [0.15, 0.2) is 0 Å². The van der Waals surface area contributed by atoms with Crippen LogP contribution in [0.3, 0.4) is 0 Å². The van der Waals surface area contributed by atoms with Gasteiger partial charge in [-0.05, 0) is 68.9 Å². The minimum Gasteiger partial charge on any atom is -0.494 e. The van der Waals surface area contributed by atoms with Gasteiger partial charge in [-0.1, -0.05) is 30.3 Å². The summed E-state index contributed by atoms with van der Waals surface area (Å²) in [5.41, 5.74) is 1.88. The van der Waals surface area contributed by atoms with Crippen LogP contribution in [0, 0.1) is 12.8 Å². The number of aryl methyl sites for hydroxylation is 1. The number of morpholine rings is 1. The van der Waals surface area contributed by atoms with E-state index in [1.54, 1.807) is 18.2 Å². The fourth-order valence-electron chi connectivity index (χ4n) is 4.91. The number of nitrogens with zero attached hydrogens (tertiary/aromatic N) is 1. The molecule has 1 N–H and O–H groups in total. The summed E-state index contributed by atoms with van der Waals surface area (Å²) in [5, 5.41) is 0. The number of carbonyl (C=O) groups is 1. The van der Waals surface area contributed by atoms with E-state index in [0.29, 0.717) is 57.8 Å². The Morgan fingerprint density at radius 1 is 1.12 bits per heavy atom. The van der Waals surface area contributed by atoms with E-state index in [2.05, 4.69) is 4.72 Å². The predicted molar refractivity (Wildman–Crippen MR) is 130 cm³/mol. The first-order valence-corrected chi connectivity index (χ1v) is 13.6. The Hall–Kier alpha value is -2.42. The van der Waals surface area contributed by atoms with Gasteiger partial charge in [-0.15, -0.1) is 0 Å². The number of carbonyl (C=O) groups excluding carboxylic acids is 1. The van der Waals surface area contributed by atoms with Gasteiger partial charge in [0.05, 0.1) is 30.8 Å². The van der Waals surface area contributed by atoms with Gasteiger partial charge in [0, 0.05) is 18.5 Å². The second-order valence-corrected chi connectivity index (χ2v) is 10.8. The lowest BCUT2D eigenvalue weighted by molar-refractivity contribution is -0.145. The molecule has 1 aliphatic heterocycles. The fraction of sp³-hybridized carbons (Fsp3) is 0.500. The summed E-state index contributed by atoms with van der Waals surface area (Å²) in [6.45, 7) is 5.91. The zero-order valence-corrected chi connectivity index (χ0v) is 20.7. The van der Waals surface area contributed by atoms with Crippen molar-refractivity contribution in [2.24, 2.45) is 5.92 Å². The monoisotopic (exact) mass is 486 g/mol. The molecule has 0 aromatic heterocycles. The van der Waals surface area contributed by atoms with Crippen molar-refractivity contribution in [2.75, 3.05) is 26.4 Å². The quantitative estimate of drug-likeness (QED) is 0.643. The predicted octanol–water partition coefficient (Wildman–Crippen LogP) is 3.83. The third-order valence-electron chi connectivity index (χ3n) is 6.75. The van der Waals surface area contributed by atoms with Crippen LogP contribution in [0.1, 0.15) is 49.8 Å². The smallest absolute Gasteiger partial charge is 0.240 e. The maximum atomic E-state index is 13.4. The molecule has 1 saturated heterocycles. The van der Waals surface area contributed by atoms with Crippen LogP contribution in [0.15, 0.2) is 53.4 Å². The van der Waals surface area contributed by atoms with Crippen LogP contribution in [-0.2, 0) is 19.6 Å². The van der Waals surface area contributed by atoms with Crippen molar-refractivity contribution in [3.05, 3.63) is 59.7 Å². The molecular formula is C26H34N2O5S. The molecule has 2 aromatic rings. The number of hydrogen-bond acceptors (Lipinski definition) is 5. The van der Waals surface area contributed by atoms with Gasteiger partial charge in [-0.25, -0.2) is 13.1 Å². The molecule has 4 rings (SSSR count).